The summed E-state index contributed by atoms with van der Waals surface area (Å²) in [6.07, 6.45) is 1.05. The molecule has 0 N–H and O–H groups in total. The van der Waals surface area contributed by atoms with Crippen LogP contribution in [0.4, 0.5) is 0 Å². The van der Waals surface area contributed by atoms with Gasteiger partial charge in [-0.2, -0.15) is 5.06 Å². The third kappa shape index (κ3) is 0.619. The van der Waals surface area contributed by atoms with Crippen LogP contribution in [0.3, 0.4) is 0 Å². The molecule has 0 aromatic rings. The molecule has 0 aromatic heterocycles. The quantitative estimate of drug-likeness (QED) is 0.533. The Morgan fingerprint density at radius 2 is 2.18 bits per heavy atom. The molecule has 0 amide bonds. The molecule has 2 aliphatic rings. The fourth-order valence-corrected chi connectivity index (χ4v) is 1.71. The highest BCUT2D eigenvalue weighted by Gasteiger charge is 2.60. The molecule has 11 heavy (non-hydrogen) atoms. The number of allylic oxidation sites excluding steroid dienone is 2. The van der Waals surface area contributed by atoms with Gasteiger partial charge in [0.05, 0.1) is 5.70 Å². The zero-order valence-electron chi connectivity index (χ0n) is 7.51. The Kier molecular flexibility index (Phi) is 1.09. The molecule has 2 rings (SSSR count). The van der Waals surface area contributed by atoms with Crippen molar-refractivity contribution in [2.45, 2.75) is 33.0 Å². The molecule has 0 aliphatic carbocycles. The van der Waals surface area contributed by atoms with Gasteiger partial charge in [-0.05, 0) is 13.3 Å². The Labute approximate surface area is 67.2 Å². The third-order valence-electron chi connectivity index (χ3n) is 2.73. The molecular weight excluding hydrogens is 140 g/mol. The lowest BCUT2D eigenvalue weighted by Crippen LogP contribution is -2.28. The molecule has 2 aliphatic heterocycles. The maximum absolute atomic E-state index is 5.43. The zero-order chi connectivity index (χ0) is 8.22. The smallest absolute Gasteiger partial charge is 0.264 e. The van der Waals surface area contributed by atoms with Crippen LogP contribution in [-0.2, 0) is 4.84 Å². The summed E-state index contributed by atoms with van der Waals surface area (Å²) in [7, 11) is 2.07. The first-order chi connectivity index (χ1) is 5.11. The SMILES string of the molecule is CCC1=C(C)N(C)C2(C)ON12. The van der Waals surface area contributed by atoms with Crippen LogP contribution in [0.2, 0.25) is 0 Å². The number of hydroxylamine groups is 2. The van der Waals surface area contributed by atoms with Gasteiger partial charge in [0.1, 0.15) is 0 Å². The predicted molar refractivity (Wildman–Crippen MR) is 42.1 cm³/mol. The molecule has 3 nitrogen and oxygen atoms in total. The van der Waals surface area contributed by atoms with Crippen molar-refractivity contribution >= 4 is 0 Å². The molecule has 0 aromatic carbocycles. The van der Waals surface area contributed by atoms with E-state index in [0.29, 0.717) is 0 Å². The van der Waals surface area contributed by atoms with E-state index in [1.807, 2.05) is 5.06 Å². The zero-order valence-corrected chi connectivity index (χ0v) is 7.51. The van der Waals surface area contributed by atoms with Gasteiger partial charge in [0.15, 0.2) is 0 Å². The lowest BCUT2D eigenvalue weighted by atomic mass is 10.3. The second-order valence-corrected chi connectivity index (χ2v) is 3.26. The summed E-state index contributed by atoms with van der Waals surface area (Å²) in [6, 6.07) is 0. The third-order valence-corrected chi connectivity index (χ3v) is 2.73. The minimum absolute atomic E-state index is 0.143. The minimum Gasteiger partial charge on any atom is -0.328 e. The van der Waals surface area contributed by atoms with Gasteiger partial charge in [0.25, 0.3) is 5.85 Å². The molecule has 0 bridgehead atoms. The maximum atomic E-state index is 5.43. The van der Waals surface area contributed by atoms with Gasteiger partial charge in [-0.3, -0.25) is 0 Å². The molecule has 1 fully saturated rings. The largest absolute Gasteiger partial charge is 0.328 e. The number of fused-ring (bicyclic) bond motifs is 1. The molecule has 1 atom stereocenters. The van der Waals surface area contributed by atoms with Crippen molar-refractivity contribution in [3.05, 3.63) is 11.4 Å². The molecule has 0 spiro atoms. The van der Waals surface area contributed by atoms with Gasteiger partial charge in [0, 0.05) is 19.7 Å². The molecule has 0 saturated carbocycles. The van der Waals surface area contributed by atoms with Crippen molar-refractivity contribution in [1.29, 1.82) is 0 Å². The van der Waals surface area contributed by atoms with Crippen LogP contribution in [0.15, 0.2) is 11.4 Å². The number of hydrogen-bond acceptors (Lipinski definition) is 3. The summed E-state index contributed by atoms with van der Waals surface area (Å²) in [4.78, 5) is 7.60. The van der Waals surface area contributed by atoms with Crippen molar-refractivity contribution in [2.24, 2.45) is 0 Å². The first-order valence-corrected chi connectivity index (χ1v) is 4.04. The van der Waals surface area contributed by atoms with E-state index in [0.717, 1.165) is 6.42 Å². The van der Waals surface area contributed by atoms with Gasteiger partial charge < -0.3 is 4.90 Å². The van der Waals surface area contributed by atoms with Crippen molar-refractivity contribution in [1.82, 2.24) is 9.96 Å². The molecule has 1 unspecified atom stereocenters. The second kappa shape index (κ2) is 1.72. The van der Waals surface area contributed by atoms with E-state index in [9.17, 15) is 0 Å². The van der Waals surface area contributed by atoms with E-state index >= 15 is 0 Å². The summed E-state index contributed by atoms with van der Waals surface area (Å²) in [5.41, 5.74) is 2.65. The topological polar surface area (TPSA) is 18.8 Å². The highest BCUT2D eigenvalue weighted by molar-refractivity contribution is 5.21. The van der Waals surface area contributed by atoms with Crippen molar-refractivity contribution in [3.8, 4) is 0 Å². The van der Waals surface area contributed by atoms with Crippen LogP contribution in [0.5, 0.6) is 0 Å². The highest BCUT2D eigenvalue weighted by atomic mass is 16.9. The predicted octanol–water partition coefficient (Wildman–Crippen LogP) is 1.49. The number of hydrogen-bond donors (Lipinski definition) is 0. The van der Waals surface area contributed by atoms with Crippen LogP contribution < -0.4 is 0 Å². The van der Waals surface area contributed by atoms with Crippen LogP contribution in [-0.4, -0.2) is 22.9 Å². The van der Waals surface area contributed by atoms with Crippen LogP contribution in [0.1, 0.15) is 27.2 Å². The summed E-state index contributed by atoms with van der Waals surface area (Å²) < 4.78 is 0. The van der Waals surface area contributed by atoms with Gasteiger partial charge >= 0.3 is 0 Å². The normalized spacial score (nSPS) is 34.9. The van der Waals surface area contributed by atoms with E-state index in [1.165, 1.54) is 11.4 Å². The Hall–Kier alpha value is -0.700. The maximum Gasteiger partial charge on any atom is 0.264 e. The van der Waals surface area contributed by atoms with Gasteiger partial charge in [-0.15, -0.1) is 0 Å². The summed E-state index contributed by atoms with van der Waals surface area (Å²) in [5, 5.41) is 1.99. The Morgan fingerprint density at radius 1 is 1.55 bits per heavy atom. The van der Waals surface area contributed by atoms with Crippen molar-refractivity contribution < 1.29 is 4.84 Å². The Morgan fingerprint density at radius 3 is 2.45 bits per heavy atom. The first-order valence-electron chi connectivity index (χ1n) is 4.04. The lowest BCUT2D eigenvalue weighted by Gasteiger charge is -2.17. The molecule has 62 valence electrons. The van der Waals surface area contributed by atoms with Gasteiger partial charge in [0.2, 0.25) is 0 Å². The lowest BCUT2D eigenvalue weighted by molar-refractivity contribution is 0.137. The van der Waals surface area contributed by atoms with E-state index in [4.69, 9.17) is 4.84 Å². The number of rotatable bonds is 1. The molecule has 3 heteroatoms. The molecular formula is C8H14N2O. The monoisotopic (exact) mass is 154 g/mol. The van der Waals surface area contributed by atoms with E-state index < -0.39 is 0 Å². The molecule has 1 saturated heterocycles. The number of nitrogens with zero attached hydrogens (tertiary/aromatic N) is 2. The van der Waals surface area contributed by atoms with Crippen LogP contribution in [0, 0.1) is 0 Å². The van der Waals surface area contributed by atoms with Crippen molar-refractivity contribution in [3.63, 3.8) is 0 Å². The van der Waals surface area contributed by atoms with Crippen LogP contribution >= 0.6 is 0 Å². The van der Waals surface area contributed by atoms with E-state index in [1.54, 1.807) is 0 Å². The second-order valence-electron chi connectivity index (χ2n) is 3.26. The fraction of sp³-hybridized carbons (Fsp3) is 0.750. The van der Waals surface area contributed by atoms with Gasteiger partial charge in [-0.1, -0.05) is 6.92 Å². The summed E-state index contributed by atoms with van der Waals surface area (Å²) >= 11 is 0. The van der Waals surface area contributed by atoms with E-state index in [-0.39, 0.29) is 5.85 Å². The highest BCUT2D eigenvalue weighted by Crippen LogP contribution is 2.50. The average Bonchev–Trinajstić information content (AvgIpc) is 2.59. The summed E-state index contributed by atoms with van der Waals surface area (Å²) in [6.45, 7) is 6.37. The Balaban J connectivity index is 2.33. The standard InChI is InChI=1S/C8H14N2O/c1-5-7-6(2)9(4)8(3)10(7)11-8/h5H2,1-4H3. The van der Waals surface area contributed by atoms with E-state index in [2.05, 4.69) is 32.7 Å². The van der Waals surface area contributed by atoms with Crippen molar-refractivity contribution in [2.75, 3.05) is 7.05 Å². The average molecular weight is 154 g/mol. The Bertz CT molecular complexity index is 236. The summed E-state index contributed by atoms with van der Waals surface area (Å²) in [5.74, 6) is -0.143. The molecule has 2 heterocycles. The fourth-order valence-electron chi connectivity index (χ4n) is 1.71. The molecule has 0 radical (unpaired) electrons. The minimum atomic E-state index is -0.143. The van der Waals surface area contributed by atoms with Gasteiger partial charge in [-0.25, -0.2) is 4.84 Å². The first kappa shape index (κ1) is 6.98. The van der Waals surface area contributed by atoms with Crippen LogP contribution in [0.25, 0.3) is 0 Å².